The van der Waals surface area contributed by atoms with Gasteiger partial charge < -0.3 is 29.4 Å². The molecular formula is C37H45NO6. The van der Waals surface area contributed by atoms with E-state index in [-0.39, 0.29) is 35.4 Å². The maximum Gasteiger partial charge on any atom is 0.166 e. The van der Waals surface area contributed by atoms with Crippen molar-refractivity contribution >= 4 is 16.7 Å². The van der Waals surface area contributed by atoms with Crippen LogP contribution < -0.4 is 0 Å². The molecule has 1 aromatic carbocycles. The Labute approximate surface area is 258 Å². The average molecular weight is 600 g/mol. The second kappa shape index (κ2) is 7.57. The largest absolute Gasteiger partial charge is 0.387 e. The number of benzene rings is 1. The van der Waals surface area contributed by atoms with E-state index in [1.807, 2.05) is 6.92 Å². The van der Waals surface area contributed by atoms with Gasteiger partial charge in [0.25, 0.3) is 0 Å². The predicted molar refractivity (Wildman–Crippen MR) is 163 cm³/mol. The number of rotatable bonds is 1. The lowest BCUT2D eigenvalue weighted by atomic mass is 9.40. The van der Waals surface area contributed by atoms with Gasteiger partial charge in [0.1, 0.15) is 23.9 Å². The van der Waals surface area contributed by atoms with Crippen molar-refractivity contribution in [1.82, 2.24) is 4.98 Å². The maximum absolute atomic E-state index is 13.8. The Hall–Kier alpha value is -2.03. The number of fused-ring (bicyclic) bond motifs is 5. The van der Waals surface area contributed by atoms with Crippen LogP contribution in [0.4, 0.5) is 0 Å². The van der Waals surface area contributed by atoms with Crippen LogP contribution in [-0.4, -0.2) is 62.2 Å². The summed E-state index contributed by atoms with van der Waals surface area (Å²) in [7, 11) is 0. The summed E-state index contributed by atoms with van der Waals surface area (Å²) in [4.78, 5) is 17.7. The molecule has 3 saturated carbocycles. The highest BCUT2D eigenvalue weighted by molar-refractivity contribution is 6.07. The molecule has 0 bridgehead atoms. The molecule has 1 aromatic heterocycles. The smallest absolute Gasteiger partial charge is 0.166 e. The number of epoxide rings is 1. The molecule has 5 aliphatic carbocycles. The third-order valence-corrected chi connectivity index (χ3v) is 15.4. The van der Waals surface area contributed by atoms with E-state index in [4.69, 9.17) is 14.2 Å². The van der Waals surface area contributed by atoms with Gasteiger partial charge in [0.15, 0.2) is 11.4 Å². The second-order valence-corrected chi connectivity index (χ2v) is 17.0. The summed E-state index contributed by atoms with van der Waals surface area (Å²) in [5.74, 6) is 1.51. The highest BCUT2D eigenvalue weighted by atomic mass is 16.7. The molecule has 3 N–H and O–H groups in total. The van der Waals surface area contributed by atoms with E-state index in [1.165, 1.54) is 16.5 Å². The summed E-state index contributed by atoms with van der Waals surface area (Å²) in [6, 6.07) is 4.19. The number of aliphatic hydroxyl groups excluding tert-OH is 1. The number of ether oxygens (including phenoxy) is 3. The van der Waals surface area contributed by atoms with E-state index in [1.54, 1.807) is 0 Å². The first-order chi connectivity index (χ1) is 20.7. The molecule has 44 heavy (non-hydrogen) atoms. The van der Waals surface area contributed by atoms with Crippen molar-refractivity contribution < 1.29 is 29.2 Å². The molecule has 2 aromatic rings. The third kappa shape index (κ3) is 2.50. The van der Waals surface area contributed by atoms with E-state index in [0.717, 1.165) is 48.0 Å². The van der Waals surface area contributed by atoms with Crippen molar-refractivity contribution in [2.75, 3.05) is 0 Å². The molecule has 8 aliphatic rings. The number of aromatic amines is 1. The van der Waals surface area contributed by atoms with Gasteiger partial charge in [0.2, 0.25) is 0 Å². The predicted octanol–water partition coefficient (Wildman–Crippen LogP) is 5.62. The number of carbonyl (C=O) groups is 1. The molecule has 3 aliphatic heterocycles. The van der Waals surface area contributed by atoms with Crippen molar-refractivity contribution in [2.45, 2.75) is 132 Å². The lowest BCUT2D eigenvalue weighted by Gasteiger charge is -2.66. The fourth-order valence-electron chi connectivity index (χ4n) is 12.9. The Bertz CT molecular complexity index is 1730. The number of carbonyl (C=O) groups excluding carboxylic acids is 1. The number of H-pyrrole nitrogens is 1. The quantitative estimate of drug-likeness (QED) is 0.290. The molecule has 1 spiro atoms. The molecule has 7 nitrogen and oxygen atoms in total. The summed E-state index contributed by atoms with van der Waals surface area (Å²) >= 11 is 0. The van der Waals surface area contributed by atoms with Crippen LogP contribution in [0.1, 0.15) is 113 Å². The molecule has 10 rings (SSSR count). The third-order valence-electron chi connectivity index (χ3n) is 15.4. The molecule has 234 valence electrons. The monoisotopic (exact) mass is 599 g/mol. The SMILES string of the molecule is C=C(C)C1OC2CCC3(C)C4(C)c5[nH]c6ccc7c8c6c5C(OC(C)(C)C5CC(C(C)C7=O)C85)C4CCC3(O)C23OC3C1O. The molecule has 2 saturated heterocycles. The highest BCUT2D eigenvalue weighted by Gasteiger charge is 2.86. The van der Waals surface area contributed by atoms with Crippen LogP contribution in [-0.2, 0) is 19.6 Å². The Morgan fingerprint density at radius 2 is 1.84 bits per heavy atom. The van der Waals surface area contributed by atoms with Crippen molar-refractivity contribution in [3.05, 3.63) is 46.7 Å². The average Bonchev–Trinajstić information content (AvgIpc) is 3.53. The number of hydrogen-bond donors (Lipinski definition) is 3. The summed E-state index contributed by atoms with van der Waals surface area (Å²) in [5.41, 5.74) is 2.91. The van der Waals surface area contributed by atoms with Gasteiger partial charge in [-0.05, 0) is 93.9 Å². The normalized spacial score (nSPS) is 53.4. The van der Waals surface area contributed by atoms with Gasteiger partial charge in [0, 0.05) is 50.4 Å². The minimum atomic E-state index is -1.20. The van der Waals surface area contributed by atoms with Gasteiger partial charge in [-0.3, -0.25) is 4.79 Å². The van der Waals surface area contributed by atoms with E-state index in [9.17, 15) is 15.0 Å². The Morgan fingerprint density at radius 3 is 2.59 bits per heavy atom. The first-order valence-electron chi connectivity index (χ1n) is 17.0. The number of aromatic nitrogens is 1. The first-order valence-corrected chi connectivity index (χ1v) is 17.0. The Kier molecular flexibility index (Phi) is 4.67. The number of Topliss-reactive ketones (excluding diaryl/α,β-unsaturated/α-hetero) is 1. The molecule has 4 heterocycles. The van der Waals surface area contributed by atoms with Gasteiger partial charge in [-0.15, -0.1) is 0 Å². The molecule has 0 radical (unpaired) electrons. The lowest BCUT2D eigenvalue weighted by molar-refractivity contribution is -0.275. The zero-order chi connectivity index (χ0) is 30.7. The summed E-state index contributed by atoms with van der Waals surface area (Å²) in [6.45, 7) is 17.3. The van der Waals surface area contributed by atoms with E-state index in [2.05, 4.69) is 58.3 Å². The first kappa shape index (κ1) is 27.1. The molecule has 5 fully saturated rings. The molecular weight excluding hydrogens is 554 g/mol. The Balaban J connectivity index is 1.19. The number of aliphatic hydroxyl groups is 2. The fourth-order valence-corrected chi connectivity index (χ4v) is 12.9. The maximum atomic E-state index is 13.8. The van der Waals surface area contributed by atoms with E-state index >= 15 is 0 Å². The minimum absolute atomic E-state index is 0.0340. The van der Waals surface area contributed by atoms with Crippen molar-refractivity contribution in [3.63, 3.8) is 0 Å². The fraction of sp³-hybridized carbons (Fsp3) is 0.703. The van der Waals surface area contributed by atoms with Gasteiger partial charge in [0.05, 0.1) is 17.8 Å². The number of hydrogen-bond acceptors (Lipinski definition) is 6. The second-order valence-electron chi connectivity index (χ2n) is 17.0. The van der Waals surface area contributed by atoms with Gasteiger partial charge >= 0.3 is 0 Å². The van der Waals surface area contributed by atoms with Crippen LogP contribution in [0.25, 0.3) is 10.9 Å². The van der Waals surface area contributed by atoms with Crippen LogP contribution >= 0.6 is 0 Å². The summed E-state index contributed by atoms with van der Waals surface area (Å²) in [5, 5.41) is 25.8. The van der Waals surface area contributed by atoms with Crippen molar-refractivity contribution in [2.24, 2.45) is 29.1 Å². The van der Waals surface area contributed by atoms with Gasteiger partial charge in [-0.1, -0.05) is 27.4 Å². The number of ketones is 1. The molecule has 7 heteroatoms. The zero-order valence-corrected chi connectivity index (χ0v) is 26.7. The van der Waals surface area contributed by atoms with Gasteiger partial charge in [-0.25, -0.2) is 0 Å². The molecule has 14 unspecified atom stereocenters. The molecule has 0 amide bonds. The topological polar surface area (TPSA) is 104 Å². The van der Waals surface area contributed by atoms with Crippen LogP contribution in [0.2, 0.25) is 0 Å². The highest BCUT2D eigenvalue weighted by Crippen LogP contribution is 2.77. The number of nitrogens with one attached hydrogen (secondary N) is 1. The van der Waals surface area contributed by atoms with Gasteiger partial charge in [-0.2, -0.15) is 0 Å². The molecule has 14 atom stereocenters. The van der Waals surface area contributed by atoms with Crippen LogP contribution in [0, 0.1) is 29.1 Å². The zero-order valence-electron chi connectivity index (χ0n) is 26.7. The van der Waals surface area contributed by atoms with E-state index < -0.39 is 40.3 Å². The minimum Gasteiger partial charge on any atom is -0.387 e. The van der Waals surface area contributed by atoms with Crippen LogP contribution in [0.15, 0.2) is 24.3 Å². The van der Waals surface area contributed by atoms with Crippen LogP contribution in [0.3, 0.4) is 0 Å². The summed E-state index contributed by atoms with van der Waals surface area (Å²) in [6.07, 6.45) is 1.65. The van der Waals surface area contributed by atoms with Crippen molar-refractivity contribution in [3.8, 4) is 0 Å². The standard InChI is InChI=1S/C37H45NO6/c1-15(2)29-28(40)32-37(44-32)22(42-29)11-12-34(6)35(7)19(10-13-36(34,37)41)30-26-25-21(38-31(26)35)9-8-17-24(25)23-18(16(3)27(17)39)14-20(23)33(4,5)43-30/h8-9,16,18-20,22-23,28-30,32,38,40-41H,1,10-14H2,2-7H3. The van der Waals surface area contributed by atoms with E-state index in [0.29, 0.717) is 24.2 Å². The van der Waals surface area contributed by atoms with Crippen molar-refractivity contribution in [1.29, 1.82) is 0 Å². The Morgan fingerprint density at radius 1 is 1.07 bits per heavy atom. The van der Waals surface area contributed by atoms with Crippen LogP contribution in [0.5, 0.6) is 0 Å². The lowest BCUT2D eigenvalue weighted by Crippen LogP contribution is -2.76. The summed E-state index contributed by atoms with van der Waals surface area (Å²) < 4.78 is 20.4.